The molecule has 4 nitrogen and oxygen atoms in total. The van der Waals surface area contributed by atoms with Crippen molar-refractivity contribution in [3.8, 4) is 0 Å². The lowest BCUT2D eigenvalue weighted by atomic mass is 10.1. The molecule has 15 heavy (non-hydrogen) atoms. The van der Waals surface area contributed by atoms with E-state index in [1.54, 1.807) is 0 Å². The highest BCUT2D eigenvalue weighted by molar-refractivity contribution is 6.02. The number of Topliss-reactive ketones (excluding diaryl/α,β-unsaturated/α-hetero) is 3. The van der Waals surface area contributed by atoms with E-state index < -0.39 is 0 Å². The van der Waals surface area contributed by atoms with Gasteiger partial charge >= 0.3 is 0 Å². The van der Waals surface area contributed by atoms with Crippen LogP contribution >= 0.6 is 0 Å². The molecule has 0 saturated carbocycles. The van der Waals surface area contributed by atoms with E-state index in [4.69, 9.17) is 0 Å². The zero-order chi connectivity index (χ0) is 11.6. The Balaban J connectivity index is 3.39. The molecule has 0 N–H and O–H groups in total. The average Bonchev–Trinajstić information content (AvgIpc) is 2.16. The van der Waals surface area contributed by atoms with E-state index in [9.17, 15) is 14.4 Å². The van der Waals surface area contributed by atoms with Crippen LogP contribution in [-0.4, -0.2) is 22.3 Å². The van der Waals surface area contributed by atoms with Gasteiger partial charge in [-0.3, -0.25) is 14.4 Å². The highest BCUT2D eigenvalue weighted by atomic mass is 16.1. The predicted octanol–water partition coefficient (Wildman–Crippen LogP) is 1.69. The lowest BCUT2D eigenvalue weighted by Crippen LogP contribution is -2.07. The van der Waals surface area contributed by atoms with Crippen molar-refractivity contribution in [1.82, 2.24) is 4.98 Å². The van der Waals surface area contributed by atoms with Crippen LogP contribution in [0.5, 0.6) is 0 Å². The van der Waals surface area contributed by atoms with E-state index >= 15 is 0 Å². The van der Waals surface area contributed by atoms with Crippen LogP contribution in [0.1, 0.15) is 52.1 Å². The Morgan fingerprint density at radius 3 is 1.53 bits per heavy atom. The minimum Gasteiger partial charge on any atom is -0.295 e. The van der Waals surface area contributed by atoms with Crippen molar-refractivity contribution in [3.05, 3.63) is 29.1 Å². The number of pyridine rings is 1. The molecule has 1 aromatic heterocycles. The lowest BCUT2D eigenvalue weighted by Gasteiger charge is -2.02. The normalized spacial score (nSPS) is 9.80. The van der Waals surface area contributed by atoms with Gasteiger partial charge in [-0.15, -0.1) is 0 Å². The van der Waals surface area contributed by atoms with Gasteiger partial charge in [0.05, 0.1) is 0 Å². The van der Waals surface area contributed by atoms with Gasteiger partial charge < -0.3 is 0 Å². The predicted molar refractivity (Wildman–Crippen MR) is 54.3 cm³/mol. The molecule has 0 saturated heterocycles. The van der Waals surface area contributed by atoms with Crippen LogP contribution in [0.2, 0.25) is 0 Å². The number of hydrogen-bond donors (Lipinski definition) is 0. The first-order chi connectivity index (χ1) is 6.91. The number of carbonyl (C=O) groups excluding carboxylic acids is 3. The Labute approximate surface area is 87.3 Å². The summed E-state index contributed by atoms with van der Waals surface area (Å²) in [6.07, 6.45) is 0. The molecule has 0 aromatic carbocycles. The Kier molecular flexibility index (Phi) is 3.09. The third-order valence-corrected chi connectivity index (χ3v) is 1.95. The molecule has 0 radical (unpaired) electrons. The Bertz CT molecular complexity index is 370. The molecule has 1 heterocycles. The first kappa shape index (κ1) is 11.2. The van der Waals surface area contributed by atoms with Crippen LogP contribution in [0.25, 0.3) is 0 Å². The third-order valence-electron chi connectivity index (χ3n) is 1.95. The highest BCUT2D eigenvalue weighted by Gasteiger charge is 2.11. The van der Waals surface area contributed by atoms with Gasteiger partial charge in [0, 0.05) is 19.4 Å². The molecule has 0 bridgehead atoms. The van der Waals surface area contributed by atoms with Gasteiger partial charge in [0.25, 0.3) is 0 Å². The molecule has 0 aliphatic heterocycles. The fraction of sp³-hybridized carbons (Fsp3) is 0.273. The summed E-state index contributed by atoms with van der Waals surface area (Å²) in [6, 6.07) is 2.80. The number of ketones is 3. The van der Waals surface area contributed by atoms with Gasteiger partial charge in [0.2, 0.25) is 0 Å². The van der Waals surface area contributed by atoms with Crippen molar-refractivity contribution in [2.24, 2.45) is 0 Å². The van der Waals surface area contributed by atoms with Gasteiger partial charge in [-0.2, -0.15) is 0 Å². The Morgan fingerprint density at radius 1 is 0.867 bits per heavy atom. The van der Waals surface area contributed by atoms with Crippen molar-refractivity contribution in [2.75, 3.05) is 0 Å². The van der Waals surface area contributed by atoms with E-state index in [1.807, 2.05) is 0 Å². The summed E-state index contributed by atoms with van der Waals surface area (Å²) in [5.41, 5.74) is 0.626. The first-order valence-electron chi connectivity index (χ1n) is 4.46. The highest BCUT2D eigenvalue weighted by Crippen LogP contribution is 2.08. The molecule has 1 rings (SSSR count). The van der Waals surface area contributed by atoms with Crippen molar-refractivity contribution < 1.29 is 14.4 Å². The maximum absolute atomic E-state index is 11.1. The zero-order valence-electron chi connectivity index (χ0n) is 8.83. The van der Waals surface area contributed by atoms with E-state index in [1.165, 1.54) is 32.9 Å². The monoisotopic (exact) mass is 205 g/mol. The van der Waals surface area contributed by atoms with E-state index in [0.29, 0.717) is 5.56 Å². The molecule has 78 valence electrons. The average molecular weight is 205 g/mol. The van der Waals surface area contributed by atoms with Crippen LogP contribution in [-0.2, 0) is 0 Å². The van der Waals surface area contributed by atoms with E-state index in [0.717, 1.165) is 0 Å². The minimum absolute atomic E-state index is 0.146. The SMILES string of the molecule is CC(=O)c1cc(C(C)=O)nc(C(C)=O)c1. The van der Waals surface area contributed by atoms with Gasteiger partial charge in [-0.05, 0) is 19.1 Å². The summed E-state index contributed by atoms with van der Waals surface area (Å²) in [4.78, 5) is 37.2. The quantitative estimate of drug-likeness (QED) is 0.704. The van der Waals surface area contributed by atoms with Crippen LogP contribution in [0.3, 0.4) is 0 Å². The summed E-state index contributed by atoms with van der Waals surface area (Å²) >= 11 is 0. The number of rotatable bonds is 3. The van der Waals surface area contributed by atoms with Crippen molar-refractivity contribution in [2.45, 2.75) is 20.8 Å². The standard InChI is InChI=1S/C11H11NO3/c1-6(13)9-4-10(7(2)14)12-11(5-9)8(3)15/h4-5H,1-3H3. The summed E-state index contributed by atoms with van der Waals surface area (Å²) in [5, 5.41) is 0. The molecule has 0 fully saturated rings. The molecule has 0 aliphatic carbocycles. The second kappa shape index (κ2) is 4.13. The molecular weight excluding hydrogens is 194 g/mol. The van der Waals surface area contributed by atoms with Crippen LogP contribution < -0.4 is 0 Å². The Morgan fingerprint density at radius 2 is 1.27 bits per heavy atom. The van der Waals surface area contributed by atoms with Crippen molar-refractivity contribution in [3.63, 3.8) is 0 Å². The zero-order valence-corrected chi connectivity index (χ0v) is 8.83. The topological polar surface area (TPSA) is 64.1 Å². The maximum atomic E-state index is 11.1. The van der Waals surface area contributed by atoms with Gasteiger partial charge in [-0.25, -0.2) is 4.98 Å². The molecule has 1 aromatic rings. The fourth-order valence-electron chi connectivity index (χ4n) is 1.09. The summed E-state index contributed by atoms with van der Waals surface area (Å²) < 4.78 is 0. The van der Waals surface area contributed by atoms with Crippen LogP contribution in [0.15, 0.2) is 12.1 Å². The second-order valence-corrected chi connectivity index (χ2v) is 3.29. The van der Waals surface area contributed by atoms with Crippen molar-refractivity contribution in [1.29, 1.82) is 0 Å². The van der Waals surface area contributed by atoms with Crippen molar-refractivity contribution >= 4 is 17.3 Å². The molecule has 0 amide bonds. The molecule has 4 heteroatoms. The number of hydrogen-bond acceptors (Lipinski definition) is 4. The van der Waals surface area contributed by atoms with Crippen LogP contribution in [0.4, 0.5) is 0 Å². The van der Waals surface area contributed by atoms with Gasteiger partial charge in [-0.1, -0.05) is 0 Å². The van der Waals surface area contributed by atoms with E-state index in [-0.39, 0.29) is 28.7 Å². The number of aromatic nitrogens is 1. The first-order valence-corrected chi connectivity index (χ1v) is 4.46. The molecule has 0 spiro atoms. The summed E-state index contributed by atoms with van der Waals surface area (Å²) in [5.74, 6) is -0.719. The van der Waals surface area contributed by atoms with E-state index in [2.05, 4.69) is 4.98 Å². The largest absolute Gasteiger partial charge is 0.295 e. The smallest absolute Gasteiger partial charge is 0.178 e. The Hall–Kier alpha value is -1.84. The number of carbonyl (C=O) groups is 3. The maximum Gasteiger partial charge on any atom is 0.178 e. The lowest BCUT2D eigenvalue weighted by molar-refractivity contribution is 0.100. The third kappa shape index (κ3) is 2.56. The fourth-order valence-corrected chi connectivity index (χ4v) is 1.09. The summed E-state index contributed by atoms with van der Waals surface area (Å²) in [7, 11) is 0. The summed E-state index contributed by atoms with van der Waals surface area (Å²) in [6.45, 7) is 4.06. The molecule has 0 unspecified atom stereocenters. The number of nitrogens with zero attached hydrogens (tertiary/aromatic N) is 1. The molecule has 0 atom stereocenters. The second-order valence-electron chi connectivity index (χ2n) is 3.29. The minimum atomic E-state index is -0.263. The van der Waals surface area contributed by atoms with Gasteiger partial charge in [0.1, 0.15) is 11.4 Å². The molecular formula is C11H11NO3. The molecule has 0 aliphatic rings. The van der Waals surface area contributed by atoms with Crippen LogP contribution in [0, 0.1) is 0 Å². The van der Waals surface area contributed by atoms with Gasteiger partial charge in [0.15, 0.2) is 17.3 Å².